The number of hydrogen-bond acceptors (Lipinski definition) is 2. The Bertz CT molecular complexity index is 1250. The van der Waals surface area contributed by atoms with Crippen LogP contribution in [-0.2, 0) is 17.9 Å². The van der Waals surface area contributed by atoms with Crippen LogP contribution in [0.25, 0.3) is 21.8 Å². The van der Waals surface area contributed by atoms with Gasteiger partial charge in [-0.25, -0.2) is 0 Å². The number of carbonyl (C=O) groups is 1. The minimum atomic E-state index is 0.0161. The minimum Gasteiger partial charge on any atom is -0.334 e. The molecule has 3 aromatic carbocycles. The van der Waals surface area contributed by atoms with Crippen LogP contribution in [0.3, 0.4) is 0 Å². The molecule has 156 valence electrons. The molecule has 0 aliphatic heterocycles. The highest BCUT2D eigenvalue weighted by Gasteiger charge is 2.34. The Hall–Kier alpha value is -3.40. The van der Waals surface area contributed by atoms with Crippen molar-refractivity contribution in [2.45, 2.75) is 38.9 Å². The number of fused-ring (bicyclic) bond motifs is 2. The van der Waals surface area contributed by atoms with E-state index in [-0.39, 0.29) is 23.9 Å². The van der Waals surface area contributed by atoms with Gasteiger partial charge in [-0.3, -0.25) is 9.59 Å². The smallest absolute Gasteiger partial charge is 0.243 e. The fraction of sp³-hybridized carbons (Fsp3) is 0.259. The third kappa shape index (κ3) is 3.74. The second kappa shape index (κ2) is 8.03. The van der Waals surface area contributed by atoms with Crippen molar-refractivity contribution in [1.29, 1.82) is 0 Å². The monoisotopic (exact) mass is 410 g/mol. The van der Waals surface area contributed by atoms with Gasteiger partial charge in [0.1, 0.15) is 6.54 Å². The van der Waals surface area contributed by atoms with E-state index in [2.05, 4.69) is 19.1 Å². The number of pyridine rings is 1. The molecule has 0 N–H and O–H groups in total. The van der Waals surface area contributed by atoms with E-state index < -0.39 is 0 Å². The normalized spacial score (nSPS) is 14.6. The molecular formula is C27H26N2O2. The molecular weight excluding hydrogens is 384 g/mol. The highest BCUT2D eigenvalue weighted by atomic mass is 16.2. The summed E-state index contributed by atoms with van der Waals surface area (Å²) in [6, 6.07) is 25.5. The molecule has 31 heavy (non-hydrogen) atoms. The van der Waals surface area contributed by atoms with Gasteiger partial charge < -0.3 is 9.47 Å². The summed E-state index contributed by atoms with van der Waals surface area (Å²) in [6.07, 6.45) is 2.37. The molecule has 1 atom stereocenters. The van der Waals surface area contributed by atoms with E-state index in [0.29, 0.717) is 23.2 Å². The summed E-state index contributed by atoms with van der Waals surface area (Å²) in [5, 5.41) is 1.30. The van der Waals surface area contributed by atoms with Gasteiger partial charge in [0.05, 0.1) is 11.0 Å². The standard InChI is InChI=1S/C27H26N2O2/c1-19(21-15-16-21)28(17-20-9-3-2-4-10-20)26(30)18-29-24-13-7-5-11-22(24)27(31)23-12-6-8-14-25(23)29/h2-14,19,21H,15-18H2,1H3. The average Bonchev–Trinajstić information content (AvgIpc) is 3.66. The molecule has 0 bridgehead atoms. The zero-order chi connectivity index (χ0) is 21.4. The van der Waals surface area contributed by atoms with Crippen LogP contribution in [0.1, 0.15) is 25.3 Å². The van der Waals surface area contributed by atoms with Crippen molar-refractivity contribution in [2.75, 3.05) is 0 Å². The maximum atomic E-state index is 13.7. The summed E-state index contributed by atoms with van der Waals surface area (Å²) in [7, 11) is 0. The van der Waals surface area contributed by atoms with Gasteiger partial charge in [0.2, 0.25) is 5.91 Å². The Balaban J connectivity index is 1.57. The minimum absolute atomic E-state index is 0.0161. The number of aromatic nitrogens is 1. The molecule has 1 unspecified atom stereocenters. The SMILES string of the molecule is CC(C1CC1)N(Cc1ccccc1)C(=O)Cn1c2ccccc2c(=O)c2ccccc21. The Kier molecular flexibility index (Phi) is 5.06. The fourth-order valence-electron chi connectivity index (χ4n) is 4.55. The molecule has 1 amide bonds. The van der Waals surface area contributed by atoms with Crippen LogP contribution in [0.5, 0.6) is 0 Å². The first-order valence-electron chi connectivity index (χ1n) is 11.0. The summed E-state index contributed by atoms with van der Waals surface area (Å²) in [4.78, 5) is 28.7. The van der Waals surface area contributed by atoms with E-state index in [4.69, 9.17) is 0 Å². The third-order valence-electron chi connectivity index (χ3n) is 6.48. The van der Waals surface area contributed by atoms with Crippen LogP contribution in [-0.4, -0.2) is 21.4 Å². The predicted molar refractivity (Wildman–Crippen MR) is 125 cm³/mol. The maximum Gasteiger partial charge on any atom is 0.243 e. The quantitative estimate of drug-likeness (QED) is 0.421. The van der Waals surface area contributed by atoms with Crippen molar-refractivity contribution < 1.29 is 4.79 Å². The van der Waals surface area contributed by atoms with Gasteiger partial charge >= 0.3 is 0 Å². The second-order valence-corrected chi connectivity index (χ2v) is 8.53. The van der Waals surface area contributed by atoms with Crippen molar-refractivity contribution >= 4 is 27.7 Å². The molecule has 1 aliphatic rings. The zero-order valence-electron chi connectivity index (χ0n) is 17.7. The summed E-state index contributed by atoms with van der Waals surface area (Å²) >= 11 is 0. The molecule has 1 fully saturated rings. The Morgan fingerprint density at radius 2 is 1.45 bits per heavy atom. The van der Waals surface area contributed by atoms with Gasteiger partial charge in [-0.15, -0.1) is 0 Å². The molecule has 1 heterocycles. The third-order valence-corrected chi connectivity index (χ3v) is 6.48. The number of nitrogens with zero attached hydrogens (tertiary/aromatic N) is 2. The molecule has 0 spiro atoms. The first-order valence-corrected chi connectivity index (χ1v) is 11.0. The van der Waals surface area contributed by atoms with E-state index in [1.807, 2.05) is 76.2 Å². The van der Waals surface area contributed by atoms with Gasteiger partial charge in [0, 0.05) is 23.4 Å². The molecule has 4 heteroatoms. The first-order chi connectivity index (χ1) is 15.1. The van der Waals surface area contributed by atoms with Crippen LogP contribution in [0.15, 0.2) is 83.7 Å². The highest BCUT2D eigenvalue weighted by Crippen LogP contribution is 2.36. The summed E-state index contributed by atoms with van der Waals surface area (Å²) in [5.74, 6) is 0.664. The molecule has 0 radical (unpaired) electrons. The summed E-state index contributed by atoms with van der Waals surface area (Å²) in [6.45, 7) is 2.98. The van der Waals surface area contributed by atoms with Crippen molar-refractivity contribution in [3.8, 4) is 0 Å². The lowest BCUT2D eigenvalue weighted by molar-refractivity contribution is -0.134. The van der Waals surface area contributed by atoms with Crippen molar-refractivity contribution in [3.05, 3.63) is 94.6 Å². The number of carbonyl (C=O) groups excluding carboxylic acids is 1. The second-order valence-electron chi connectivity index (χ2n) is 8.53. The van der Waals surface area contributed by atoms with E-state index >= 15 is 0 Å². The number of para-hydroxylation sites is 2. The molecule has 4 nitrogen and oxygen atoms in total. The first kappa shape index (κ1) is 19.6. The van der Waals surface area contributed by atoms with Gasteiger partial charge in [0.15, 0.2) is 5.43 Å². The van der Waals surface area contributed by atoms with Crippen LogP contribution < -0.4 is 5.43 Å². The van der Waals surface area contributed by atoms with E-state index in [1.165, 1.54) is 12.8 Å². The number of hydrogen-bond donors (Lipinski definition) is 0. The van der Waals surface area contributed by atoms with Crippen LogP contribution >= 0.6 is 0 Å². The van der Waals surface area contributed by atoms with Crippen LogP contribution in [0, 0.1) is 5.92 Å². The lowest BCUT2D eigenvalue weighted by Crippen LogP contribution is -2.41. The Morgan fingerprint density at radius 1 is 0.903 bits per heavy atom. The average molecular weight is 411 g/mol. The van der Waals surface area contributed by atoms with E-state index in [0.717, 1.165) is 16.6 Å². The predicted octanol–water partition coefficient (Wildman–Crippen LogP) is 4.98. The van der Waals surface area contributed by atoms with Crippen molar-refractivity contribution in [3.63, 3.8) is 0 Å². The van der Waals surface area contributed by atoms with Crippen molar-refractivity contribution in [1.82, 2.24) is 9.47 Å². The van der Waals surface area contributed by atoms with Gasteiger partial charge in [-0.1, -0.05) is 54.6 Å². The highest BCUT2D eigenvalue weighted by molar-refractivity contribution is 5.94. The van der Waals surface area contributed by atoms with Gasteiger partial charge in [-0.2, -0.15) is 0 Å². The maximum absolute atomic E-state index is 13.7. The lowest BCUT2D eigenvalue weighted by Gasteiger charge is -2.30. The Morgan fingerprint density at radius 3 is 2.03 bits per heavy atom. The topological polar surface area (TPSA) is 42.3 Å². The van der Waals surface area contributed by atoms with Gasteiger partial charge in [0.25, 0.3) is 0 Å². The van der Waals surface area contributed by atoms with Crippen molar-refractivity contribution in [2.24, 2.45) is 5.92 Å². The number of amides is 1. The largest absolute Gasteiger partial charge is 0.334 e. The van der Waals surface area contributed by atoms with E-state index in [1.54, 1.807) is 0 Å². The number of rotatable bonds is 6. The molecule has 4 aromatic rings. The van der Waals surface area contributed by atoms with Crippen LogP contribution in [0.2, 0.25) is 0 Å². The van der Waals surface area contributed by atoms with Crippen LogP contribution in [0.4, 0.5) is 0 Å². The molecule has 0 saturated heterocycles. The summed E-state index contributed by atoms with van der Waals surface area (Å²) in [5.41, 5.74) is 2.76. The summed E-state index contributed by atoms with van der Waals surface area (Å²) < 4.78 is 2.01. The zero-order valence-corrected chi connectivity index (χ0v) is 17.7. The number of benzene rings is 3. The molecule has 5 rings (SSSR count). The van der Waals surface area contributed by atoms with E-state index in [9.17, 15) is 9.59 Å². The Labute approximate surface area is 181 Å². The fourth-order valence-corrected chi connectivity index (χ4v) is 4.55. The molecule has 1 saturated carbocycles. The lowest BCUT2D eigenvalue weighted by atomic mass is 10.1. The van der Waals surface area contributed by atoms with Gasteiger partial charge in [-0.05, 0) is 55.5 Å². The molecule has 1 aromatic heterocycles. The molecule has 1 aliphatic carbocycles.